The van der Waals surface area contributed by atoms with Crippen molar-refractivity contribution in [3.8, 4) is 17.2 Å². The quantitative estimate of drug-likeness (QED) is 0.710. The van der Waals surface area contributed by atoms with Gasteiger partial charge in [-0.25, -0.2) is 0 Å². The van der Waals surface area contributed by atoms with Crippen LogP contribution >= 0.6 is 46.1 Å². The number of aromatic nitrogens is 2. The second kappa shape index (κ2) is 6.37. The van der Waals surface area contributed by atoms with E-state index in [1.165, 1.54) is 0 Å². The topological polar surface area (TPSA) is 59.2 Å². The zero-order valence-electron chi connectivity index (χ0n) is 11.6. The van der Waals surface area contributed by atoms with Crippen LogP contribution in [0.2, 0.25) is 0 Å². The normalized spacial score (nSPS) is 26.0. The summed E-state index contributed by atoms with van der Waals surface area (Å²) >= 11 is 6.04. The van der Waals surface area contributed by atoms with E-state index >= 15 is 0 Å². The SMILES string of the molecule is CC1SCC(c2noc(-c3cc(I)ccc3O)n2)SC1C. The molecule has 1 aliphatic heterocycles. The largest absolute Gasteiger partial charge is 0.507 e. The molecule has 0 bridgehead atoms. The first kappa shape index (κ1) is 15.5. The van der Waals surface area contributed by atoms with Crippen LogP contribution in [0.1, 0.15) is 24.9 Å². The van der Waals surface area contributed by atoms with Gasteiger partial charge in [0.25, 0.3) is 5.89 Å². The summed E-state index contributed by atoms with van der Waals surface area (Å²) < 4.78 is 6.37. The van der Waals surface area contributed by atoms with Crippen LogP contribution < -0.4 is 0 Å². The van der Waals surface area contributed by atoms with E-state index in [1.807, 2.05) is 35.7 Å². The number of hydrogen-bond acceptors (Lipinski definition) is 6. The first-order chi connectivity index (χ1) is 10.0. The molecule has 4 nitrogen and oxygen atoms in total. The van der Waals surface area contributed by atoms with E-state index in [0.717, 1.165) is 15.1 Å². The van der Waals surface area contributed by atoms with Gasteiger partial charge in [0.2, 0.25) is 0 Å². The average Bonchev–Trinajstić information content (AvgIpc) is 2.94. The van der Waals surface area contributed by atoms with Crippen molar-refractivity contribution in [3.05, 3.63) is 27.6 Å². The lowest BCUT2D eigenvalue weighted by molar-refractivity contribution is 0.417. The van der Waals surface area contributed by atoms with E-state index in [9.17, 15) is 5.11 Å². The molecule has 7 heteroatoms. The molecule has 0 radical (unpaired) electrons. The Kier molecular flexibility index (Phi) is 4.70. The molecule has 2 heterocycles. The van der Waals surface area contributed by atoms with Gasteiger partial charge in [0, 0.05) is 19.8 Å². The first-order valence-corrected chi connectivity index (χ1v) is 9.71. The van der Waals surface area contributed by atoms with Gasteiger partial charge in [-0.1, -0.05) is 19.0 Å². The molecule has 0 spiro atoms. The zero-order valence-corrected chi connectivity index (χ0v) is 15.4. The average molecular weight is 434 g/mol. The lowest BCUT2D eigenvalue weighted by Gasteiger charge is -2.29. The van der Waals surface area contributed by atoms with Gasteiger partial charge >= 0.3 is 0 Å². The van der Waals surface area contributed by atoms with E-state index in [4.69, 9.17) is 4.52 Å². The van der Waals surface area contributed by atoms with Crippen molar-refractivity contribution in [2.75, 3.05) is 5.75 Å². The molecule has 1 N–H and O–H groups in total. The highest BCUT2D eigenvalue weighted by molar-refractivity contribution is 14.1. The van der Waals surface area contributed by atoms with E-state index < -0.39 is 0 Å². The number of rotatable bonds is 2. The molecule has 2 aromatic rings. The van der Waals surface area contributed by atoms with E-state index in [2.05, 4.69) is 46.6 Å². The Balaban J connectivity index is 1.85. The molecule has 3 rings (SSSR count). The maximum absolute atomic E-state index is 9.94. The van der Waals surface area contributed by atoms with Crippen molar-refractivity contribution in [1.29, 1.82) is 0 Å². The maximum Gasteiger partial charge on any atom is 0.261 e. The Morgan fingerprint density at radius 1 is 1.33 bits per heavy atom. The van der Waals surface area contributed by atoms with Gasteiger partial charge in [0.15, 0.2) is 5.82 Å². The lowest BCUT2D eigenvalue weighted by atomic mass is 10.2. The number of phenols is 1. The molecule has 3 unspecified atom stereocenters. The third-order valence-electron chi connectivity index (χ3n) is 3.47. The fourth-order valence-corrected chi connectivity index (χ4v) is 5.40. The number of halogens is 1. The van der Waals surface area contributed by atoms with Crippen molar-refractivity contribution in [3.63, 3.8) is 0 Å². The number of nitrogens with zero attached hydrogens (tertiary/aromatic N) is 2. The van der Waals surface area contributed by atoms with Crippen molar-refractivity contribution in [2.45, 2.75) is 29.6 Å². The predicted molar refractivity (Wildman–Crippen MR) is 95.8 cm³/mol. The molecule has 112 valence electrons. The van der Waals surface area contributed by atoms with E-state index in [1.54, 1.807) is 6.07 Å². The van der Waals surface area contributed by atoms with Crippen LogP contribution in [0.25, 0.3) is 11.5 Å². The minimum Gasteiger partial charge on any atom is -0.507 e. The summed E-state index contributed by atoms with van der Waals surface area (Å²) in [5, 5.41) is 15.5. The summed E-state index contributed by atoms with van der Waals surface area (Å²) in [5.41, 5.74) is 0.593. The van der Waals surface area contributed by atoms with Crippen LogP contribution in [-0.2, 0) is 0 Å². The molecule has 1 aromatic carbocycles. The summed E-state index contributed by atoms with van der Waals surface area (Å²) in [6.07, 6.45) is 0. The molecule has 3 atom stereocenters. The van der Waals surface area contributed by atoms with Gasteiger partial charge in [-0.2, -0.15) is 16.7 Å². The van der Waals surface area contributed by atoms with Crippen LogP contribution in [0.4, 0.5) is 0 Å². The summed E-state index contributed by atoms with van der Waals surface area (Å²) in [4.78, 5) is 4.49. The molecule has 0 amide bonds. The summed E-state index contributed by atoms with van der Waals surface area (Å²) in [6.45, 7) is 4.49. The first-order valence-electron chi connectivity index (χ1n) is 6.64. The summed E-state index contributed by atoms with van der Waals surface area (Å²) in [5.74, 6) is 2.27. The third kappa shape index (κ3) is 3.34. The molecule has 1 saturated heterocycles. The minimum atomic E-state index is 0.165. The summed E-state index contributed by atoms with van der Waals surface area (Å²) in [6, 6.07) is 5.34. The van der Waals surface area contributed by atoms with Crippen molar-refractivity contribution in [2.24, 2.45) is 0 Å². The Morgan fingerprint density at radius 3 is 2.90 bits per heavy atom. The predicted octanol–water partition coefficient (Wildman–Crippen LogP) is 4.34. The van der Waals surface area contributed by atoms with Gasteiger partial charge < -0.3 is 9.63 Å². The van der Waals surface area contributed by atoms with Crippen LogP contribution in [-0.4, -0.2) is 31.5 Å². The fraction of sp³-hybridized carbons (Fsp3) is 0.429. The highest BCUT2D eigenvalue weighted by Gasteiger charge is 2.30. The second-order valence-electron chi connectivity index (χ2n) is 4.99. The maximum atomic E-state index is 9.94. The minimum absolute atomic E-state index is 0.165. The van der Waals surface area contributed by atoms with Gasteiger partial charge in [-0.05, 0) is 40.8 Å². The van der Waals surface area contributed by atoms with Gasteiger partial charge in [0.1, 0.15) is 5.75 Å². The fourth-order valence-electron chi connectivity index (χ4n) is 2.07. The van der Waals surface area contributed by atoms with Gasteiger partial charge in [-0.15, -0.1) is 11.8 Å². The lowest BCUT2D eigenvalue weighted by Crippen LogP contribution is -2.22. The van der Waals surface area contributed by atoms with Crippen LogP contribution in [0.15, 0.2) is 22.7 Å². The monoisotopic (exact) mass is 434 g/mol. The molecule has 21 heavy (non-hydrogen) atoms. The molecule has 0 saturated carbocycles. The highest BCUT2D eigenvalue weighted by atomic mass is 127. The molecule has 1 fully saturated rings. The van der Waals surface area contributed by atoms with E-state index in [0.29, 0.717) is 22.0 Å². The third-order valence-corrected chi connectivity index (χ3v) is 7.53. The zero-order chi connectivity index (χ0) is 15.0. The smallest absolute Gasteiger partial charge is 0.261 e. The van der Waals surface area contributed by atoms with Crippen molar-refractivity contribution < 1.29 is 9.63 Å². The van der Waals surface area contributed by atoms with Crippen LogP contribution in [0, 0.1) is 3.57 Å². The number of hydrogen-bond donors (Lipinski definition) is 1. The van der Waals surface area contributed by atoms with Crippen molar-refractivity contribution in [1.82, 2.24) is 10.1 Å². The molecular weight excluding hydrogens is 419 g/mol. The number of aromatic hydroxyl groups is 1. The van der Waals surface area contributed by atoms with Crippen molar-refractivity contribution >= 4 is 46.1 Å². The molecule has 1 aromatic heterocycles. The molecule has 1 aliphatic rings. The number of phenolic OH excluding ortho intramolecular Hbond substituents is 1. The van der Waals surface area contributed by atoms with Gasteiger partial charge in [0.05, 0.1) is 10.8 Å². The Bertz CT molecular complexity index is 650. The van der Waals surface area contributed by atoms with Gasteiger partial charge in [-0.3, -0.25) is 0 Å². The Labute approximate surface area is 145 Å². The standard InChI is InChI=1S/C14H15IN2O2S2/c1-7-8(2)21-12(6-20-7)13-16-14(19-17-13)10-5-9(15)3-4-11(10)18/h3-5,7-8,12,18H,6H2,1-2H3. The summed E-state index contributed by atoms with van der Waals surface area (Å²) in [7, 11) is 0. The Hall–Kier alpha value is -0.410. The number of thioether (sulfide) groups is 2. The van der Waals surface area contributed by atoms with E-state index in [-0.39, 0.29) is 11.0 Å². The highest BCUT2D eigenvalue weighted by Crippen LogP contribution is 2.43. The van der Waals surface area contributed by atoms with Crippen LogP contribution in [0.3, 0.4) is 0 Å². The molecule has 0 aliphatic carbocycles. The molecular formula is C14H15IN2O2S2. The second-order valence-corrected chi connectivity index (χ2v) is 9.23. The number of benzene rings is 1. The van der Waals surface area contributed by atoms with Crippen LogP contribution in [0.5, 0.6) is 5.75 Å². The Morgan fingerprint density at radius 2 is 2.14 bits per heavy atom.